The Morgan fingerprint density at radius 1 is 1.39 bits per heavy atom. The van der Waals surface area contributed by atoms with Crippen molar-refractivity contribution in [2.45, 2.75) is 33.6 Å². The number of hydrogen-bond acceptors (Lipinski definition) is 3. The van der Waals surface area contributed by atoms with E-state index >= 15 is 0 Å². The summed E-state index contributed by atoms with van der Waals surface area (Å²) in [6.07, 6.45) is 3.74. The van der Waals surface area contributed by atoms with Crippen LogP contribution in [0.15, 0.2) is 18.3 Å². The molecule has 0 aromatic carbocycles. The molecule has 1 rings (SSSR count). The summed E-state index contributed by atoms with van der Waals surface area (Å²) in [5, 5.41) is 6.09. The SMILES string of the molecule is CCCNc1ccc(C(=O)NCC(C)CC)cn1. The molecule has 0 radical (unpaired) electrons. The van der Waals surface area contributed by atoms with Crippen LogP contribution in [-0.4, -0.2) is 24.0 Å². The summed E-state index contributed by atoms with van der Waals surface area (Å²) in [7, 11) is 0. The molecule has 100 valence electrons. The Hall–Kier alpha value is -1.58. The summed E-state index contributed by atoms with van der Waals surface area (Å²) < 4.78 is 0. The third-order valence-corrected chi connectivity index (χ3v) is 2.89. The van der Waals surface area contributed by atoms with Crippen LogP contribution in [0.4, 0.5) is 5.82 Å². The van der Waals surface area contributed by atoms with E-state index in [-0.39, 0.29) is 5.91 Å². The number of carbonyl (C=O) groups is 1. The predicted octanol–water partition coefficient (Wildman–Crippen LogP) is 2.68. The number of hydrogen-bond donors (Lipinski definition) is 2. The number of carbonyl (C=O) groups excluding carboxylic acids is 1. The molecule has 1 atom stereocenters. The van der Waals surface area contributed by atoms with Gasteiger partial charge in [-0.25, -0.2) is 4.98 Å². The van der Waals surface area contributed by atoms with E-state index < -0.39 is 0 Å². The highest BCUT2D eigenvalue weighted by atomic mass is 16.1. The lowest BCUT2D eigenvalue weighted by molar-refractivity contribution is 0.0947. The maximum atomic E-state index is 11.8. The molecule has 2 N–H and O–H groups in total. The molecule has 0 saturated carbocycles. The van der Waals surface area contributed by atoms with Crippen LogP contribution < -0.4 is 10.6 Å². The third-order valence-electron chi connectivity index (χ3n) is 2.89. The molecule has 0 aliphatic carbocycles. The summed E-state index contributed by atoms with van der Waals surface area (Å²) in [5.41, 5.74) is 0.611. The summed E-state index contributed by atoms with van der Waals surface area (Å²) in [5.74, 6) is 1.27. The molecule has 1 amide bonds. The van der Waals surface area contributed by atoms with Gasteiger partial charge in [0.1, 0.15) is 5.82 Å². The van der Waals surface area contributed by atoms with Crippen LogP contribution >= 0.6 is 0 Å². The number of aromatic nitrogens is 1. The van der Waals surface area contributed by atoms with Crippen molar-refractivity contribution in [2.24, 2.45) is 5.92 Å². The van der Waals surface area contributed by atoms with Gasteiger partial charge in [-0.05, 0) is 24.5 Å². The molecular weight excluding hydrogens is 226 g/mol. The van der Waals surface area contributed by atoms with Gasteiger partial charge in [0.25, 0.3) is 5.91 Å². The second-order valence-corrected chi connectivity index (χ2v) is 4.58. The Morgan fingerprint density at radius 3 is 2.72 bits per heavy atom. The van der Waals surface area contributed by atoms with Gasteiger partial charge in [-0.2, -0.15) is 0 Å². The van der Waals surface area contributed by atoms with Crippen molar-refractivity contribution in [3.8, 4) is 0 Å². The van der Waals surface area contributed by atoms with E-state index in [0.29, 0.717) is 18.0 Å². The summed E-state index contributed by atoms with van der Waals surface area (Å²) >= 11 is 0. The van der Waals surface area contributed by atoms with Crippen LogP contribution in [0.1, 0.15) is 44.0 Å². The van der Waals surface area contributed by atoms with Gasteiger partial charge in [-0.3, -0.25) is 4.79 Å². The first kappa shape index (κ1) is 14.5. The Balaban J connectivity index is 2.48. The van der Waals surface area contributed by atoms with E-state index in [2.05, 4.69) is 36.4 Å². The number of nitrogens with zero attached hydrogens (tertiary/aromatic N) is 1. The number of nitrogens with one attached hydrogen (secondary N) is 2. The van der Waals surface area contributed by atoms with Gasteiger partial charge in [0, 0.05) is 19.3 Å². The maximum absolute atomic E-state index is 11.8. The van der Waals surface area contributed by atoms with Crippen molar-refractivity contribution in [3.63, 3.8) is 0 Å². The first-order valence-electron chi connectivity index (χ1n) is 6.65. The molecule has 4 nitrogen and oxygen atoms in total. The fraction of sp³-hybridized carbons (Fsp3) is 0.571. The van der Waals surface area contributed by atoms with Crippen molar-refractivity contribution in [1.29, 1.82) is 0 Å². The van der Waals surface area contributed by atoms with Crippen LogP contribution in [-0.2, 0) is 0 Å². The summed E-state index contributed by atoms with van der Waals surface area (Å²) in [4.78, 5) is 16.0. The number of rotatable bonds is 7. The number of anilines is 1. The normalized spacial score (nSPS) is 11.9. The first-order chi connectivity index (χ1) is 8.67. The third kappa shape index (κ3) is 4.73. The molecule has 0 aliphatic heterocycles. The zero-order valence-electron chi connectivity index (χ0n) is 11.5. The predicted molar refractivity (Wildman–Crippen MR) is 74.8 cm³/mol. The van der Waals surface area contributed by atoms with Gasteiger partial charge in [0.15, 0.2) is 0 Å². The van der Waals surface area contributed by atoms with E-state index in [1.165, 1.54) is 0 Å². The monoisotopic (exact) mass is 249 g/mol. The molecule has 0 aliphatic rings. The number of amides is 1. The van der Waals surface area contributed by atoms with Crippen LogP contribution in [0.3, 0.4) is 0 Å². The lowest BCUT2D eigenvalue weighted by Crippen LogP contribution is -2.28. The minimum atomic E-state index is -0.0511. The van der Waals surface area contributed by atoms with E-state index in [4.69, 9.17) is 0 Å². The smallest absolute Gasteiger partial charge is 0.252 e. The van der Waals surface area contributed by atoms with Crippen LogP contribution in [0, 0.1) is 5.92 Å². The van der Waals surface area contributed by atoms with Gasteiger partial charge in [0.05, 0.1) is 5.56 Å². The second-order valence-electron chi connectivity index (χ2n) is 4.58. The van der Waals surface area contributed by atoms with Gasteiger partial charge >= 0.3 is 0 Å². The lowest BCUT2D eigenvalue weighted by atomic mass is 10.1. The molecule has 0 saturated heterocycles. The largest absolute Gasteiger partial charge is 0.370 e. The average Bonchev–Trinajstić information content (AvgIpc) is 2.42. The van der Waals surface area contributed by atoms with Crippen molar-refractivity contribution < 1.29 is 4.79 Å². The van der Waals surface area contributed by atoms with Crippen LogP contribution in [0.25, 0.3) is 0 Å². The molecular formula is C14H23N3O. The molecule has 0 bridgehead atoms. The molecule has 1 aromatic heterocycles. The fourth-order valence-corrected chi connectivity index (χ4v) is 1.40. The average molecular weight is 249 g/mol. The van der Waals surface area contributed by atoms with E-state index in [9.17, 15) is 4.79 Å². The maximum Gasteiger partial charge on any atom is 0.252 e. The number of pyridine rings is 1. The Labute approximate surface area is 109 Å². The fourth-order valence-electron chi connectivity index (χ4n) is 1.40. The molecule has 1 unspecified atom stereocenters. The zero-order valence-corrected chi connectivity index (χ0v) is 11.5. The van der Waals surface area contributed by atoms with Gasteiger partial charge in [-0.1, -0.05) is 27.2 Å². The quantitative estimate of drug-likeness (QED) is 0.781. The Morgan fingerprint density at radius 2 is 2.17 bits per heavy atom. The molecule has 1 heterocycles. The highest BCUT2D eigenvalue weighted by molar-refractivity contribution is 5.94. The topological polar surface area (TPSA) is 54.0 Å². The first-order valence-corrected chi connectivity index (χ1v) is 6.65. The van der Waals surface area contributed by atoms with Crippen LogP contribution in [0.2, 0.25) is 0 Å². The highest BCUT2D eigenvalue weighted by Crippen LogP contribution is 2.05. The standard InChI is InChI=1S/C14H23N3O/c1-4-8-15-13-7-6-12(10-16-13)14(18)17-9-11(3)5-2/h6-7,10-11H,4-5,8-9H2,1-3H3,(H,15,16)(H,17,18). The van der Waals surface area contributed by atoms with Gasteiger partial charge in [-0.15, -0.1) is 0 Å². The summed E-state index contributed by atoms with van der Waals surface area (Å²) in [6, 6.07) is 3.64. The van der Waals surface area contributed by atoms with E-state index in [1.54, 1.807) is 12.3 Å². The molecule has 18 heavy (non-hydrogen) atoms. The molecule has 0 spiro atoms. The Bertz CT molecular complexity index is 362. The Kier molecular flexibility index (Phi) is 6.19. The minimum absolute atomic E-state index is 0.0511. The van der Waals surface area contributed by atoms with Crippen molar-refractivity contribution >= 4 is 11.7 Å². The zero-order chi connectivity index (χ0) is 13.4. The van der Waals surface area contributed by atoms with E-state index in [0.717, 1.165) is 25.2 Å². The van der Waals surface area contributed by atoms with E-state index in [1.807, 2.05) is 6.07 Å². The van der Waals surface area contributed by atoms with Crippen molar-refractivity contribution in [1.82, 2.24) is 10.3 Å². The molecule has 0 fully saturated rings. The molecule has 1 aromatic rings. The van der Waals surface area contributed by atoms with Crippen molar-refractivity contribution in [3.05, 3.63) is 23.9 Å². The van der Waals surface area contributed by atoms with Gasteiger partial charge < -0.3 is 10.6 Å². The molecule has 4 heteroatoms. The lowest BCUT2D eigenvalue weighted by Gasteiger charge is -2.10. The van der Waals surface area contributed by atoms with Gasteiger partial charge in [0.2, 0.25) is 0 Å². The van der Waals surface area contributed by atoms with Crippen LogP contribution in [0.5, 0.6) is 0 Å². The van der Waals surface area contributed by atoms with Crippen molar-refractivity contribution in [2.75, 3.05) is 18.4 Å². The minimum Gasteiger partial charge on any atom is -0.370 e. The highest BCUT2D eigenvalue weighted by Gasteiger charge is 2.07. The second kappa shape index (κ2) is 7.69. The summed E-state index contributed by atoms with van der Waals surface area (Å²) in [6.45, 7) is 7.95.